The molecule has 15 heavy (non-hydrogen) atoms. The lowest BCUT2D eigenvalue weighted by atomic mass is 10.3. The van der Waals surface area contributed by atoms with Crippen molar-refractivity contribution in [1.29, 1.82) is 5.26 Å². The summed E-state index contributed by atoms with van der Waals surface area (Å²) in [5, 5.41) is 8.46. The third-order valence-corrected chi connectivity index (χ3v) is 1.92. The number of rotatable bonds is 1. The first-order chi connectivity index (χ1) is 6.83. The Bertz CT molecular complexity index is 427. The molecule has 0 aliphatic heterocycles. The second kappa shape index (κ2) is 3.94. The maximum Gasteiger partial charge on any atom is 0.573 e. The maximum atomic E-state index is 11.9. The van der Waals surface area contributed by atoms with Crippen molar-refractivity contribution in [3.63, 3.8) is 0 Å². The normalized spacial score (nSPS) is 10.9. The smallest absolute Gasteiger partial charge is 0.403 e. The van der Waals surface area contributed by atoms with Crippen LogP contribution in [0.3, 0.4) is 0 Å². The van der Waals surface area contributed by atoms with Crippen molar-refractivity contribution in [2.45, 2.75) is 6.36 Å². The number of alkyl halides is 3. The van der Waals surface area contributed by atoms with Crippen molar-refractivity contribution in [2.75, 3.05) is 5.73 Å². The van der Waals surface area contributed by atoms with E-state index in [0.29, 0.717) is 0 Å². The van der Waals surface area contributed by atoms with E-state index in [-0.39, 0.29) is 16.0 Å². The number of aromatic nitrogens is 1. The summed E-state index contributed by atoms with van der Waals surface area (Å²) in [4.78, 5) is 3.57. The molecule has 1 heterocycles. The molecule has 0 saturated heterocycles. The monoisotopic (exact) mass is 281 g/mol. The van der Waals surface area contributed by atoms with Gasteiger partial charge in [0.25, 0.3) is 0 Å². The second-order valence-corrected chi connectivity index (χ2v) is 3.12. The Kier molecular flexibility index (Phi) is 3.04. The van der Waals surface area contributed by atoms with Crippen molar-refractivity contribution in [3.8, 4) is 11.8 Å². The molecule has 0 amide bonds. The summed E-state index contributed by atoms with van der Waals surface area (Å²) in [6.45, 7) is 0. The van der Waals surface area contributed by atoms with Gasteiger partial charge in [0.2, 0.25) is 0 Å². The molecule has 0 saturated carbocycles. The third kappa shape index (κ3) is 2.99. The first-order valence-corrected chi connectivity index (χ1v) is 4.24. The number of ether oxygens (including phenoxy) is 1. The lowest BCUT2D eigenvalue weighted by Gasteiger charge is -2.11. The van der Waals surface area contributed by atoms with Gasteiger partial charge in [0.1, 0.15) is 22.1 Å². The summed E-state index contributed by atoms with van der Waals surface area (Å²) in [6.07, 6.45) is -4.86. The van der Waals surface area contributed by atoms with Crippen molar-refractivity contribution in [1.82, 2.24) is 4.98 Å². The molecule has 0 bridgehead atoms. The van der Waals surface area contributed by atoms with Gasteiger partial charge in [0, 0.05) is 6.07 Å². The predicted octanol–water partition coefficient (Wildman–Crippen LogP) is 2.20. The minimum absolute atomic E-state index is 0.0687. The number of nitrogen functional groups attached to an aromatic ring is 1. The predicted molar refractivity (Wildman–Crippen MR) is 47.7 cm³/mol. The van der Waals surface area contributed by atoms with Gasteiger partial charge < -0.3 is 10.5 Å². The Labute approximate surface area is 90.6 Å². The molecule has 1 aromatic heterocycles. The third-order valence-electron chi connectivity index (χ3n) is 1.31. The summed E-state index contributed by atoms with van der Waals surface area (Å²) < 4.78 is 39.2. The fourth-order valence-corrected chi connectivity index (χ4v) is 1.15. The lowest BCUT2D eigenvalue weighted by molar-refractivity contribution is -0.274. The highest BCUT2D eigenvalue weighted by Crippen LogP contribution is 2.32. The average Bonchev–Trinajstić information content (AvgIpc) is 2.10. The summed E-state index contributed by atoms with van der Waals surface area (Å²) in [5.74, 6) is -0.652. The van der Waals surface area contributed by atoms with Gasteiger partial charge in [-0.3, -0.25) is 0 Å². The highest BCUT2D eigenvalue weighted by atomic mass is 79.9. The van der Waals surface area contributed by atoms with E-state index < -0.39 is 12.1 Å². The SMILES string of the molecule is N#Cc1cc(OC(F)(F)F)c(N)c(Br)n1. The van der Waals surface area contributed by atoms with Crippen LogP contribution >= 0.6 is 15.9 Å². The number of nitrogens with zero attached hydrogens (tertiary/aromatic N) is 2. The quantitative estimate of drug-likeness (QED) is 0.801. The van der Waals surface area contributed by atoms with Gasteiger partial charge in [-0.2, -0.15) is 5.26 Å². The minimum Gasteiger partial charge on any atom is -0.403 e. The van der Waals surface area contributed by atoms with Crippen LogP contribution in [0.4, 0.5) is 18.9 Å². The van der Waals surface area contributed by atoms with E-state index in [1.54, 1.807) is 6.07 Å². The van der Waals surface area contributed by atoms with Crippen LogP contribution in [-0.4, -0.2) is 11.3 Å². The molecule has 0 radical (unpaired) electrons. The van der Waals surface area contributed by atoms with Crippen LogP contribution < -0.4 is 10.5 Å². The Hall–Kier alpha value is -1.49. The summed E-state index contributed by atoms with van der Waals surface area (Å²) in [6, 6.07) is 2.39. The van der Waals surface area contributed by atoms with E-state index in [0.717, 1.165) is 6.07 Å². The van der Waals surface area contributed by atoms with Crippen molar-refractivity contribution in [3.05, 3.63) is 16.4 Å². The van der Waals surface area contributed by atoms with Gasteiger partial charge in [-0.25, -0.2) is 4.98 Å². The fraction of sp³-hybridized carbons (Fsp3) is 0.143. The number of anilines is 1. The Balaban J connectivity index is 3.18. The van der Waals surface area contributed by atoms with Crippen molar-refractivity contribution in [2.24, 2.45) is 0 Å². The molecule has 0 aliphatic carbocycles. The highest BCUT2D eigenvalue weighted by molar-refractivity contribution is 9.10. The zero-order valence-electron chi connectivity index (χ0n) is 6.97. The van der Waals surface area contributed by atoms with E-state index in [9.17, 15) is 13.2 Å². The lowest BCUT2D eigenvalue weighted by Crippen LogP contribution is -2.18. The molecule has 8 heteroatoms. The molecule has 0 spiro atoms. The van der Waals surface area contributed by atoms with Crippen LogP contribution in [0, 0.1) is 11.3 Å². The molecule has 0 aliphatic rings. The molecule has 80 valence electrons. The van der Waals surface area contributed by atoms with Crippen molar-refractivity contribution < 1.29 is 17.9 Å². The van der Waals surface area contributed by atoms with Crippen LogP contribution in [0.25, 0.3) is 0 Å². The van der Waals surface area contributed by atoms with Crippen LogP contribution in [0.15, 0.2) is 10.7 Å². The number of nitrogens with two attached hydrogens (primary N) is 1. The van der Waals surface area contributed by atoms with Crippen LogP contribution in [0.2, 0.25) is 0 Å². The zero-order chi connectivity index (χ0) is 11.6. The average molecular weight is 282 g/mol. The molecule has 0 fully saturated rings. The Morgan fingerprint density at radius 2 is 2.13 bits per heavy atom. The topological polar surface area (TPSA) is 71.9 Å². The van der Waals surface area contributed by atoms with E-state index in [1.165, 1.54) is 0 Å². The van der Waals surface area contributed by atoms with E-state index in [4.69, 9.17) is 11.0 Å². The molecule has 4 nitrogen and oxygen atoms in total. The van der Waals surface area contributed by atoms with Gasteiger partial charge in [-0.15, -0.1) is 13.2 Å². The van der Waals surface area contributed by atoms with E-state index >= 15 is 0 Å². The number of halogens is 4. The van der Waals surface area contributed by atoms with Gasteiger partial charge in [0.15, 0.2) is 5.75 Å². The van der Waals surface area contributed by atoms with Crippen LogP contribution in [-0.2, 0) is 0 Å². The van der Waals surface area contributed by atoms with Crippen LogP contribution in [0.1, 0.15) is 5.69 Å². The van der Waals surface area contributed by atoms with E-state index in [2.05, 4.69) is 25.7 Å². The molecule has 1 rings (SSSR count). The Morgan fingerprint density at radius 1 is 1.53 bits per heavy atom. The fourth-order valence-electron chi connectivity index (χ4n) is 0.768. The van der Waals surface area contributed by atoms with Gasteiger partial charge in [-0.1, -0.05) is 0 Å². The number of pyridine rings is 1. The first-order valence-electron chi connectivity index (χ1n) is 3.45. The zero-order valence-corrected chi connectivity index (χ0v) is 8.56. The van der Waals surface area contributed by atoms with Crippen LogP contribution in [0.5, 0.6) is 5.75 Å². The van der Waals surface area contributed by atoms with Gasteiger partial charge in [-0.05, 0) is 15.9 Å². The molecule has 1 aromatic rings. The molecule has 0 unspecified atom stereocenters. The number of hydrogen-bond donors (Lipinski definition) is 1. The first kappa shape index (κ1) is 11.6. The molecule has 0 aromatic carbocycles. The largest absolute Gasteiger partial charge is 0.573 e. The summed E-state index contributed by atoms with van der Waals surface area (Å²) in [7, 11) is 0. The number of hydrogen-bond acceptors (Lipinski definition) is 4. The maximum absolute atomic E-state index is 11.9. The van der Waals surface area contributed by atoms with Gasteiger partial charge in [0.05, 0.1) is 0 Å². The molecular formula is C7H3BrF3N3O. The molecule has 2 N–H and O–H groups in total. The summed E-state index contributed by atoms with van der Waals surface area (Å²) >= 11 is 2.81. The van der Waals surface area contributed by atoms with Crippen molar-refractivity contribution >= 4 is 21.6 Å². The minimum atomic E-state index is -4.86. The molecule has 0 atom stereocenters. The summed E-state index contributed by atoms with van der Waals surface area (Å²) in [5.41, 5.74) is 4.73. The standard InChI is InChI=1S/C7H3BrF3N3O/c8-6-5(13)4(15-7(9,10)11)1-3(2-12)14-6/h1H,13H2. The molecular weight excluding hydrogens is 279 g/mol. The van der Waals surface area contributed by atoms with E-state index in [1.807, 2.05) is 0 Å². The highest BCUT2D eigenvalue weighted by Gasteiger charge is 2.32. The number of nitriles is 1. The van der Waals surface area contributed by atoms with Gasteiger partial charge >= 0.3 is 6.36 Å². The second-order valence-electron chi connectivity index (χ2n) is 2.37. The Morgan fingerprint density at radius 3 is 2.60 bits per heavy atom.